The normalized spacial score (nSPS) is 19.8. The van der Waals surface area contributed by atoms with Crippen LogP contribution in [-0.2, 0) is 5.72 Å². The second kappa shape index (κ2) is 6.75. The number of hydrogen-bond acceptors (Lipinski definition) is 3. The molecule has 2 aromatic rings. The van der Waals surface area contributed by atoms with Crippen molar-refractivity contribution in [1.82, 2.24) is 9.80 Å². The first-order chi connectivity index (χ1) is 11.6. The minimum Gasteiger partial charge on any atom is -0.363 e. The van der Waals surface area contributed by atoms with Gasteiger partial charge in [0.1, 0.15) is 0 Å². The van der Waals surface area contributed by atoms with E-state index >= 15 is 0 Å². The topological polar surface area (TPSA) is 43.8 Å². The summed E-state index contributed by atoms with van der Waals surface area (Å²) in [6.07, 6.45) is 0. The van der Waals surface area contributed by atoms with Gasteiger partial charge in [0.2, 0.25) is 0 Å². The molecule has 1 heterocycles. The zero-order valence-corrected chi connectivity index (χ0v) is 14.3. The molecular weight excluding hydrogens is 300 g/mol. The lowest BCUT2D eigenvalue weighted by molar-refractivity contribution is -0.0524. The number of fused-ring (bicyclic) bond motifs is 1. The summed E-state index contributed by atoms with van der Waals surface area (Å²) >= 11 is 0. The quantitative estimate of drug-likeness (QED) is 0.888. The van der Waals surface area contributed by atoms with Gasteiger partial charge in [0.05, 0.1) is 0 Å². The maximum atomic E-state index is 12.9. The highest BCUT2D eigenvalue weighted by Gasteiger charge is 2.49. The van der Waals surface area contributed by atoms with E-state index in [1.165, 1.54) is 0 Å². The van der Waals surface area contributed by atoms with Crippen molar-refractivity contribution in [2.45, 2.75) is 19.6 Å². The van der Waals surface area contributed by atoms with Crippen LogP contribution in [0.3, 0.4) is 0 Å². The number of amides is 1. The summed E-state index contributed by atoms with van der Waals surface area (Å²) in [5.74, 6) is -0.107. The van der Waals surface area contributed by atoms with Gasteiger partial charge < -0.3 is 14.9 Å². The summed E-state index contributed by atoms with van der Waals surface area (Å²) in [6.45, 7) is 7.29. The van der Waals surface area contributed by atoms with Gasteiger partial charge in [0.25, 0.3) is 5.91 Å². The summed E-state index contributed by atoms with van der Waals surface area (Å²) in [5, 5.41) is 11.6. The molecule has 1 atom stereocenters. The van der Waals surface area contributed by atoms with E-state index in [1.807, 2.05) is 48.5 Å². The van der Waals surface area contributed by atoms with E-state index < -0.39 is 5.72 Å². The van der Waals surface area contributed by atoms with Crippen molar-refractivity contribution in [3.63, 3.8) is 0 Å². The number of likely N-dealkylation sites (N-methyl/N-ethyl adjacent to an activating group) is 1. The molecule has 0 spiro atoms. The van der Waals surface area contributed by atoms with Crippen LogP contribution in [0.1, 0.15) is 35.3 Å². The van der Waals surface area contributed by atoms with Gasteiger partial charge in [0, 0.05) is 29.8 Å². The van der Waals surface area contributed by atoms with Gasteiger partial charge in [-0.15, -0.1) is 0 Å². The summed E-state index contributed by atoms with van der Waals surface area (Å²) in [5.41, 5.74) is 0.578. The first kappa shape index (κ1) is 16.7. The van der Waals surface area contributed by atoms with Gasteiger partial charge in [-0.05, 0) is 19.2 Å². The van der Waals surface area contributed by atoms with Crippen molar-refractivity contribution in [2.75, 3.05) is 26.2 Å². The molecule has 0 aliphatic carbocycles. The van der Waals surface area contributed by atoms with Crippen LogP contribution in [-0.4, -0.2) is 47.0 Å². The molecule has 1 N–H and O–H groups in total. The SMILES string of the molecule is CCN(CC)CCN1C(=O)c2ccccc2C1(O)c1ccccc1. The van der Waals surface area contributed by atoms with Crippen LogP contribution >= 0.6 is 0 Å². The second-order valence-corrected chi connectivity index (χ2v) is 6.07. The third-order valence-corrected chi connectivity index (χ3v) is 4.88. The molecule has 0 radical (unpaired) electrons. The van der Waals surface area contributed by atoms with Crippen molar-refractivity contribution < 1.29 is 9.90 Å². The smallest absolute Gasteiger partial charge is 0.257 e. The Morgan fingerprint density at radius 3 is 2.29 bits per heavy atom. The van der Waals surface area contributed by atoms with Crippen molar-refractivity contribution in [2.24, 2.45) is 0 Å². The number of aliphatic hydroxyl groups is 1. The van der Waals surface area contributed by atoms with Crippen molar-refractivity contribution >= 4 is 5.91 Å². The molecule has 24 heavy (non-hydrogen) atoms. The molecule has 4 heteroatoms. The fourth-order valence-electron chi connectivity index (χ4n) is 3.44. The third-order valence-electron chi connectivity index (χ3n) is 4.88. The first-order valence-electron chi connectivity index (χ1n) is 8.54. The fourth-order valence-corrected chi connectivity index (χ4v) is 3.44. The molecule has 4 nitrogen and oxygen atoms in total. The lowest BCUT2D eigenvalue weighted by Crippen LogP contribution is -2.48. The molecule has 0 saturated carbocycles. The van der Waals surface area contributed by atoms with Gasteiger partial charge in [0.15, 0.2) is 5.72 Å². The predicted octanol–water partition coefficient (Wildman–Crippen LogP) is 2.68. The molecule has 1 unspecified atom stereocenters. The summed E-state index contributed by atoms with van der Waals surface area (Å²) in [4.78, 5) is 16.8. The Labute approximate surface area is 143 Å². The zero-order valence-electron chi connectivity index (χ0n) is 14.3. The summed E-state index contributed by atoms with van der Waals surface area (Å²) in [7, 11) is 0. The Balaban J connectivity index is 2.02. The van der Waals surface area contributed by atoms with E-state index in [0.29, 0.717) is 17.7 Å². The van der Waals surface area contributed by atoms with Crippen LogP contribution in [0.15, 0.2) is 54.6 Å². The number of carbonyl (C=O) groups is 1. The molecule has 0 saturated heterocycles. The Bertz CT molecular complexity index is 713. The standard InChI is InChI=1S/C20H24N2O2/c1-3-21(4-2)14-15-22-19(23)17-12-8-9-13-18(17)20(22,24)16-10-6-5-7-11-16/h5-13,24H,3-4,14-15H2,1-2H3. The third kappa shape index (κ3) is 2.62. The van der Waals surface area contributed by atoms with E-state index in [1.54, 1.807) is 11.0 Å². The largest absolute Gasteiger partial charge is 0.363 e. The zero-order chi connectivity index (χ0) is 17.2. The average molecular weight is 324 g/mol. The van der Waals surface area contributed by atoms with Gasteiger partial charge in [-0.2, -0.15) is 0 Å². The van der Waals surface area contributed by atoms with Crippen LogP contribution in [0.2, 0.25) is 0 Å². The minimum atomic E-state index is -1.40. The number of hydrogen-bond donors (Lipinski definition) is 1. The van der Waals surface area contributed by atoms with Crippen molar-refractivity contribution in [3.8, 4) is 0 Å². The highest BCUT2D eigenvalue weighted by atomic mass is 16.3. The van der Waals surface area contributed by atoms with Crippen molar-refractivity contribution in [3.05, 3.63) is 71.3 Å². The molecule has 2 aromatic carbocycles. The van der Waals surface area contributed by atoms with Crippen LogP contribution < -0.4 is 0 Å². The molecule has 0 fully saturated rings. The second-order valence-electron chi connectivity index (χ2n) is 6.07. The number of nitrogens with zero attached hydrogens (tertiary/aromatic N) is 2. The number of benzene rings is 2. The summed E-state index contributed by atoms with van der Waals surface area (Å²) < 4.78 is 0. The monoisotopic (exact) mass is 324 g/mol. The minimum absolute atomic E-state index is 0.107. The van der Waals surface area contributed by atoms with Gasteiger partial charge >= 0.3 is 0 Å². The molecule has 3 rings (SSSR count). The van der Waals surface area contributed by atoms with Gasteiger partial charge in [-0.25, -0.2) is 0 Å². The Morgan fingerprint density at radius 2 is 1.62 bits per heavy atom. The molecule has 0 aromatic heterocycles. The number of carbonyl (C=O) groups excluding carboxylic acids is 1. The molecule has 1 aliphatic rings. The lowest BCUT2D eigenvalue weighted by Gasteiger charge is -2.36. The van der Waals surface area contributed by atoms with Gasteiger partial charge in [-0.3, -0.25) is 4.79 Å². The predicted molar refractivity (Wildman–Crippen MR) is 94.7 cm³/mol. The van der Waals surface area contributed by atoms with E-state index in [4.69, 9.17) is 0 Å². The molecular formula is C20H24N2O2. The van der Waals surface area contributed by atoms with Crippen LogP contribution in [0.25, 0.3) is 0 Å². The van der Waals surface area contributed by atoms with E-state index in [2.05, 4.69) is 18.7 Å². The maximum Gasteiger partial charge on any atom is 0.257 e. The van der Waals surface area contributed by atoms with Crippen LogP contribution in [0.5, 0.6) is 0 Å². The molecule has 1 amide bonds. The Kier molecular flexibility index (Phi) is 4.69. The maximum absolute atomic E-state index is 12.9. The highest BCUT2D eigenvalue weighted by molar-refractivity contribution is 6.00. The molecule has 126 valence electrons. The van der Waals surface area contributed by atoms with E-state index in [0.717, 1.165) is 25.2 Å². The van der Waals surface area contributed by atoms with Crippen LogP contribution in [0, 0.1) is 0 Å². The fraction of sp³-hybridized carbons (Fsp3) is 0.350. The molecule has 1 aliphatic heterocycles. The number of rotatable bonds is 6. The summed E-state index contributed by atoms with van der Waals surface area (Å²) in [6, 6.07) is 16.8. The Hall–Kier alpha value is -2.17. The van der Waals surface area contributed by atoms with E-state index in [9.17, 15) is 9.90 Å². The van der Waals surface area contributed by atoms with E-state index in [-0.39, 0.29) is 5.91 Å². The van der Waals surface area contributed by atoms with Gasteiger partial charge in [-0.1, -0.05) is 62.4 Å². The highest BCUT2D eigenvalue weighted by Crippen LogP contribution is 2.41. The lowest BCUT2D eigenvalue weighted by atomic mass is 9.94. The molecule has 0 bridgehead atoms. The average Bonchev–Trinajstić information content (AvgIpc) is 2.86. The van der Waals surface area contributed by atoms with Crippen LogP contribution in [0.4, 0.5) is 0 Å². The Morgan fingerprint density at radius 1 is 1.00 bits per heavy atom. The first-order valence-corrected chi connectivity index (χ1v) is 8.54. The van der Waals surface area contributed by atoms with Crippen molar-refractivity contribution in [1.29, 1.82) is 0 Å².